The van der Waals surface area contributed by atoms with Crippen molar-refractivity contribution in [1.82, 2.24) is 4.90 Å². The van der Waals surface area contributed by atoms with Crippen LogP contribution in [0.1, 0.15) is 37.9 Å². The molecule has 7 nitrogen and oxygen atoms in total. The first kappa shape index (κ1) is 26.9. The Morgan fingerprint density at radius 2 is 1.32 bits per heavy atom. The molecule has 0 radical (unpaired) electrons. The molecule has 0 aliphatic carbocycles. The van der Waals surface area contributed by atoms with Gasteiger partial charge in [-0.1, -0.05) is 64.1 Å². The van der Waals surface area contributed by atoms with Crippen molar-refractivity contribution in [3.63, 3.8) is 0 Å². The number of fused-ring (bicyclic) bond motifs is 1. The molecule has 5 rings (SSSR count). The molecular formula is C26H17Cl5N2O5. The van der Waals surface area contributed by atoms with Gasteiger partial charge in [-0.25, -0.2) is 0 Å². The number of anilines is 1. The molecule has 0 N–H and O–H groups in total. The lowest BCUT2D eigenvalue weighted by molar-refractivity contribution is -0.130. The van der Waals surface area contributed by atoms with Crippen LogP contribution in [0.15, 0.2) is 36.4 Å². The van der Waals surface area contributed by atoms with Gasteiger partial charge in [0.1, 0.15) is 17.5 Å². The zero-order chi connectivity index (χ0) is 27.6. The minimum Gasteiger partial charge on any atom is -0.497 e. The molecule has 0 spiro atoms. The van der Waals surface area contributed by atoms with E-state index in [0.717, 1.165) is 10.5 Å². The maximum Gasteiger partial charge on any atom is 0.264 e. The second-order valence-corrected chi connectivity index (χ2v) is 10.5. The predicted molar refractivity (Wildman–Crippen MR) is 147 cm³/mol. The first-order valence-electron chi connectivity index (χ1n) is 11.1. The summed E-state index contributed by atoms with van der Waals surface area (Å²) < 4.78 is 11.0. The molecule has 12 heteroatoms. The lowest BCUT2D eigenvalue weighted by atomic mass is 9.85. The molecule has 0 aromatic heterocycles. The fourth-order valence-electron chi connectivity index (χ4n) is 4.74. The summed E-state index contributed by atoms with van der Waals surface area (Å²) in [5, 5.41) is -0.328. The van der Waals surface area contributed by atoms with E-state index in [2.05, 4.69) is 0 Å². The van der Waals surface area contributed by atoms with Crippen LogP contribution in [-0.4, -0.2) is 42.9 Å². The summed E-state index contributed by atoms with van der Waals surface area (Å²) in [5.74, 6) is -1.27. The summed E-state index contributed by atoms with van der Waals surface area (Å²) in [6.07, 6.45) is 0. The van der Waals surface area contributed by atoms with E-state index >= 15 is 0 Å². The van der Waals surface area contributed by atoms with Gasteiger partial charge in [0.05, 0.1) is 51.5 Å². The number of hydrogen-bond acceptors (Lipinski definition) is 5. The lowest BCUT2D eigenvalue weighted by Gasteiger charge is -2.50. The van der Waals surface area contributed by atoms with Crippen LogP contribution in [0, 0.1) is 6.92 Å². The molecule has 2 atom stereocenters. The molecule has 2 heterocycles. The predicted octanol–water partition coefficient (Wildman–Crippen LogP) is 7.03. The fourth-order valence-corrected chi connectivity index (χ4v) is 5.93. The number of aryl methyl sites for hydroxylation is 1. The summed E-state index contributed by atoms with van der Waals surface area (Å²) in [4.78, 5) is 43.3. The van der Waals surface area contributed by atoms with Gasteiger partial charge >= 0.3 is 0 Å². The number of imide groups is 1. The van der Waals surface area contributed by atoms with E-state index in [1.807, 2.05) is 6.92 Å². The SMILES string of the molecule is COc1ccc(OC)c([C@H]2[C@H](N3C(=O)c4c(Cl)c(Cl)c(Cl)c(Cl)c4C3=O)C(=O)N2c2ccc(C)c(Cl)c2)c1. The average molecular weight is 615 g/mol. The standard InChI is InChI=1S/C26H17Cl5N2O5/c1-10-4-5-11(8-14(10)27)32-22(13-9-12(37-2)6-7-15(13)38-3)23(26(32)36)33-24(34)16-17(25(33)35)19(29)21(31)20(30)18(16)28/h4-9,22-23H,1-3H3/t22-,23-/m0/s1. The highest BCUT2D eigenvalue weighted by Gasteiger charge is 2.59. The van der Waals surface area contributed by atoms with Crippen LogP contribution in [0.25, 0.3) is 0 Å². The van der Waals surface area contributed by atoms with Gasteiger partial charge in [0.15, 0.2) is 0 Å². The quantitative estimate of drug-likeness (QED) is 0.134. The second kappa shape index (κ2) is 9.81. The summed E-state index contributed by atoms with van der Waals surface area (Å²) in [5.41, 5.74) is 1.36. The molecule has 3 aromatic carbocycles. The van der Waals surface area contributed by atoms with Crippen molar-refractivity contribution in [1.29, 1.82) is 0 Å². The maximum atomic E-state index is 13.8. The van der Waals surface area contributed by atoms with Gasteiger partial charge in [0, 0.05) is 16.3 Å². The molecule has 3 aromatic rings. The minimum absolute atomic E-state index is 0.165. The lowest BCUT2D eigenvalue weighted by Crippen LogP contribution is -2.67. The molecule has 0 bridgehead atoms. The molecule has 3 amide bonds. The van der Waals surface area contributed by atoms with Crippen LogP contribution in [0.2, 0.25) is 25.1 Å². The van der Waals surface area contributed by atoms with Gasteiger partial charge in [0.25, 0.3) is 17.7 Å². The summed E-state index contributed by atoms with van der Waals surface area (Å²) >= 11 is 31.3. The number of carbonyl (C=O) groups is 3. The zero-order valence-corrected chi connectivity index (χ0v) is 23.7. The first-order valence-corrected chi connectivity index (χ1v) is 13.0. The van der Waals surface area contributed by atoms with E-state index in [-0.39, 0.29) is 31.2 Å². The Bertz CT molecular complexity index is 1510. The van der Waals surface area contributed by atoms with E-state index in [0.29, 0.717) is 27.8 Å². The number of β-lactam (4-membered cyclic amide) rings is 1. The van der Waals surface area contributed by atoms with E-state index in [4.69, 9.17) is 67.5 Å². The van der Waals surface area contributed by atoms with Gasteiger partial charge < -0.3 is 14.4 Å². The van der Waals surface area contributed by atoms with Crippen LogP contribution in [0.3, 0.4) is 0 Å². The van der Waals surface area contributed by atoms with E-state index in [1.165, 1.54) is 19.1 Å². The van der Waals surface area contributed by atoms with Crippen LogP contribution in [0.5, 0.6) is 11.5 Å². The highest BCUT2D eigenvalue weighted by Crippen LogP contribution is 2.51. The van der Waals surface area contributed by atoms with Gasteiger partial charge in [0.2, 0.25) is 0 Å². The molecule has 2 aliphatic rings. The molecule has 196 valence electrons. The molecular weight excluding hydrogens is 598 g/mol. The smallest absolute Gasteiger partial charge is 0.264 e. The number of methoxy groups -OCH3 is 2. The van der Waals surface area contributed by atoms with Crippen LogP contribution in [0.4, 0.5) is 5.69 Å². The number of nitrogens with zero attached hydrogens (tertiary/aromatic N) is 2. The Morgan fingerprint density at radius 3 is 1.84 bits per heavy atom. The summed E-state index contributed by atoms with van der Waals surface area (Å²) in [6, 6.07) is 8.04. The minimum atomic E-state index is -1.27. The van der Waals surface area contributed by atoms with Crippen molar-refractivity contribution in [3.8, 4) is 11.5 Å². The molecule has 0 unspecified atom stereocenters. The van der Waals surface area contributed by atoms with Crippen molar-refractivity contribution < 1.29 is 23.9 Å². The number of carbonyl (C=O) groups excluding carboxylic acids is 3. The van der Waals surface area contributed by atoms with Gasteiger partial charge in [-0.05, 0) is 42.8 Å². The van der Waals surface area contributed by atoms with Crippen LogP contribution < -0.4 is 14.4 Å². The van der Waals surface area contributed by atoms with E-state index in [1.54, 1.807) is 36.4 Å². The Labute approximate surface area is 242 Å². The van der Waals surface area contributed by atoms with Gasteiger partial charge in [-0.15, -0.1) is 0 Å². The Morgan fingerprint density at radius 1 is 0.711 bits per heavy atom. The molecule has 2 aliphatic heterocycles. The largest absolute Gasteiger partial charge is 0.497 e. The summed E-state index contributed by atoms with van der Waals surface area (Å²) in [7, 11) is 2.97. The molecule has 0 saturated carbocycles. The molecule has 1 fully saturated rings. The highest BCUT2D eigenvalue weighted by molar-refractivity contribution is 6.55. The summed E-state index contributed by atoms with van der Waals surface area (Å²) in [6.45, 7) is 1.83. The van der Waals surface area contributed by atoms with Crippen LogP contribution in [-0.2, 0) is 4.79 Å². The second-order valence-electron chi connectivity index (χ2n) is 8.63. The third-order valence-electron chi connectivity index (χ3n) is 6.67. The van der Waals surface area contributed by atoms with Crippen molar-refractivity contribution in [2.75, 3.05) is 19.1 Å². The molecule has 38 heavy (non-hydrogen) atoms. The fraction of sp³-hybridized carbons (Fsp3) is 0.192. The monoisotopic (exact) mass is 612 g/mol. The average Bonchev–Trinajstić information content (AvgIpc) is 3.16. The van der Waals surface area contributed by atoms with E-state index < -0.39 is 29.8 Å². The van der Waals surface area contributed by atoms with Crippen molar-refractivity contribution in [2.45, 2.75) is 19.0 Å². The number of benzene rings is 3. The maximum absolute atomic E-state index is 13.8. The number of ether oxygens (including phenoxy) is 2. The Balaban J connectivity index is 1.69. The van der Waals surface area contributed by atoms with Crippen LogP contribution >= 0.6 is 58.0 Å². The zero-order valence-electron chi connectivity index (χ0n) is 19.9. The third kappa shape index (κ3) is 3.83. The highest BCUT2D eigenvalue weighted by atomic mass is 35.5. The molecule has 1 saturated heterocycles. The van der Waals surface area contributed by atoms with Gasteiger partial charge in [-0.3, -0.25) is 19.3 Å². The Kier molecular flexibility index (Phi) is 6.95. The topological polar surface area (TPSA) is 76.1 Å². The van der Waals surface area contributed by atoms with E-state index in [9.17, 15) is 14.4 Å². The van der Waals surface area contributed by atoms with Crippen molar-refractivity contribution in [2.24, 2.45) is 0 Å². The number of halogens is 5. The number of rotatable bonds is 5. The van der Waals surface area contributed by atoms with Crippen molar-refractivity contribution >= 4 is 81.4 Å². The van der Waals surface area contributed by atoms with Gasteiger partial charge in [-0.2, -0.15) is 0 Å². The normalized spacial score (nSPS) is 18.6. The first-order chi connectivity index (χ1) is 18.0. The number of hydrogen-bond donors (Lipinski definition) is 0. The third-order valence-corrected chi connectivity index (χ3v) is 8.88. The van der Waals surface area contributed by atoms with Crippen molar-refractivity contribution in [3.05, 3.63) is 83.8 Å². The Hall–Kier alpha value is -2.68. The number of amides is 3.